The summed E-state index contributed by atoms with van der Waals surface area (Å²) in [4.78, 5) is 34.5. The fourth-order valence-electron chi connectivity index (χ4n) is 2.55. The Bertz CT molecular complexity index is 455. The van der Waals surface area contributed by atoms with Gasteiger partial charge < -0.3 is 21.1 Å². The van der Waals surface area contributed by atoms with Crippen molar-refractivity contribution in [2.24, 2.45) is 5.73 Å². The van der Waals surface area contributed by atoms with E-state index in [1.807, 2.05) is 0 Å². The average Bonchev–Trinajstić information content (AvgIpc) is 2.59. The standard InChI is InChI=1S/C19H38N4O4/c1-4-5-6-7-8-9-10-11-12-13-14-21-18(27)22-15(2)16(24)23-19(3,20)17(25)26/h15H,4-14,20H2,1-3H3,(H,23,24)(H,25,26)(H2,21,22,27)/t15?,19-/m0/s1. The molecule has 8 heteroatoms. The average molecular weight is 387 g/mol. The number of nitrogens with one attached hydrogen (secondary N) is 3. The van der Waals surface area contributed by atoms with Crippen molar-refractivity contribution < 1.29 is 19.5 Å². The minimum absolute atomic E-state index is 0.456. The van der Waals surface area contributed by atoms with Gasteiger partial charge in [-0.3, -0.25) is 10.5 Å². The SMILES string of the molecule is CCCCCCCCCCCCNC(=O)NC(C)C(=O)N[C@](C)(N)C(=O)O. The molecule has 0 aliphatic rings. The van der Waals surface area contributed by atoms with Gasteiger partial charge in [0.15, 0.2) is 5.66 Å². The topological polar surface area (TPSA) is 134 Å². The highest BCUT2D eigenvalue weighted by Crippen LogP contribution is 2.10. The summed E-state index contributed by atoms with van der Waals surface area (Å²) in [5, 5.41) is 16.2. The van der Waals surface area contributed by atoms with Crippen LogP contribution >= 0.6 is 0 Å². The van der Waals surface area contributed by atoms with Gasteiger partial charge in [0.05, 0.1) is 0 Å². The second-order valence-corrected chi connectivity index (χ2v) is 7.30. The van der Waals surface area contributed by atoms with Crippen LogP contribution in [0.1, 0.15) is 85.0 Å². The van der Waals surface area contributed by atoms with Crippen LogP contribution in [-0.4, -0.2) is 41.3 Å². The fraction of sp³-hybridized carbons (Fsp3) is 0.842. The van der Waals surface area contributed by atoms with Crippen molar-refractivity contribution >= 4 is 17.9 Å². The van der Waals surface area contributed by atoms with Gasteiger partial charge in [-0.2, -0.15) is 0 Å². The molecule has 0 spiro atoms. The summed E-state index contributed by atoms with van der Waals surface area (Å²) in [6.07, 6.45) is 12.2. The summed E-state index contributed by atoms with van der Waals surface area (Å²) < 4.78 is 0. The molecule has 0 aliphatic heterocycles. The van der Waals surface area contributed by atoms with Gasteiger partial charge in [0.25, 0.3) is 0 Å². The van der Waals surface area contributed by atoms with Crippen LogP contribution in [-0.2, 0) is 9.59 Å². The number of aliphatic carboxylic acids is 1. The number of urea groups is 1. The molecule has 8 nitrogen and oxygen atoms in total. The molecule has 0 heterocycles. The normalized spacial score (nSPS) is 14.1. The monoisotopic (exact) mass is 386 g/mol. The lowest BCUT2D eigenvalue weighted by Crippen LogP contribution is -2.62. The number of rotatable bonds is 15. The van der Waals surface area contributed by atoms with E-state index >= 15 is 0 Å². The maximum atomic E-state index is 11.9. The first-order valence-corrected chi connectivity index (χ1v) is 10.1. The van der Waals surface area contributed by atoms with Crippen LogP contribution in [0.25, 0.3) is 0 Å². The molecule has 0 bridgehead atoms. The molecule has 0 aliphatic carbocycles. The van der Waals surface area contributed by atoms with Crippen molar-refractivity contribution in [3.05, 3.63) is 0 Å². The van der Waals surface area contributed by atoms with E-state index < -0.39 is 29.6 Å². The minimum Gasteiger partial charge on any atom is -0.479 e. The second kappa shape index (κ2) is 14.3. The Hall–Kier alpha value is -1.83. The molecule has 0 rings (SSSR count). The summed E-state index contributed by atoms with van der Waals surface area (Å²) in [5.74, 6) is -2.01. The molecule has 158 valence electrons. The lowest BCUT2D eigenvalue weighted by molar-refractivity contribution is -0.146. The number of hydrogen-bond donors (Lipinski definition) is 5. The zero-order chi connectivity index (χ0) is 20.7. The van der Waals surface area contributed by atoms with E-state index in [-0.39, 0.29) is 0 Å². The lowest BCUT2D eigenvalue weighted by atomic mass is 10.1. The first-order chi connectivity index (χ1) is 12.7. The molecule has 0 radical (unpaired) electrons. The summed E-state index contributed by atoms with van der Waals surface area (Å²) >= 11 is 0. The third kappa shape index (κ3) is 13.1. The highest BCUT2D eigenvalue weighted by Gasteiger charge is 2.31. The Labute approximate surface area is 163 Å². The quantitative estimate of drug-likeness (QED) is 0.218. The summed E-state index contributed by atoms with van der Waals surface area (Å²) in [6, 6.07) is -1.34. The van der Waals surface area contributed by atoms with Gasteiger partial charge in [0, 0.05) is 6.54 Å². The highest BCUT2D eigenvalue weighted by molar-refractivity contribution is 5.91. The first kappa shape index (κ1) is 25.2. The van der Waals surface area contributed by atoms with Crippen molar-refractivity contribution in [2.45, 2.75) is 96.7 Å². The number of carbonyl (C=O) groups is 3. The van der Waals surface area contributed by atoms with Crippen LogP contribution < -0.4 is 21.7 Å². The van der Waals surface area contributed by atoms with Crippen LogP contribution in [0.3, 0.4) is 0 Å². The predicted octanol–water partition coefficient (Wildman–Crippen LogP) is 2.47. The van der Waals surface area contributed by atoms with E-state index in [1.54, 1.807) is 0 Å². The van der Waals surface area contributed by atoms with Crippen LogP contribution in [0.4, 0.5) is 4.79 Å². The number of carboxylic acid groups (broad SMARTS) is 1. The fourth-order valence-corrected chi connectivity index (χ4v) is 2.55. The first-order valence-electron chi connectivity index (χ1n) is 10.1. The van der Waals surface area contributed by atoms with Gasteiger partial charge in [-0.05, 0) is 20.3 Å². The zero-order valence-electron chi connectivity index (χ0n) is 17.1. The smallest absolute Gasteiger partial charge is 0.344 e. The van der Waals surface area contributed by atoms with Crippen LogP contribution in [0.2, 0.25) is 0 Å². The van der Waals surface area contributed by atoms with Crippen LogP contribution in [0.15, 0.2) is 0 Å². The van der Waals surface area contributed by atoms with Crippen LogP contribution in [0.5, 0.6) is 0 Å². The molecular weight excluding hydrogens is 348 g/mol. The number of carbonyl (C=O) groups excluding carboxylic acids is 2. The summed E-state index contributed by atoms with van der Waals surface area (Å²) in [6.45, 7) is 5.40. The van der Waals surface area contributed by atoms with Crippen molar-refractivity contribution in [3.63, 3.8) is 0 Å². The molecule has 0 aromatic carbocycles. The third-order valence-electron chi connectivity index (χ3n) is 4.38. The molecule has 0 saturated heterocycles. The molecule has 6 N–H and O–H groups in total. The number of unbranched alkanes of at least 4 members (excludes halogenated alkanes) is 9. The van der Waals surface area contributed by atoms with E-state index in [1.165, 1.54) is 65.2 Å². The van der Waals surface area contributed by atoms with E-state index in [0.717, 1.165) is 12.8 Å². The maximum absolute atomic E-state index is 11.9. The van der Waals surface area contributed by atoms with Crippen molar-refractivity contribution in [2.75, 3.05) is 6.54 Å². The van der Waals surface area contributed by atoms with E-state index in [9.17, 15) is 14.4 Å². The molecule has 0 aromatic heterocycles. The number of amides is 3. The third-order valence-corrected chi connectivity index (χ3v) is 4.38. The predicted molar refractivity (Wildman–Crippen MR) is 106 cm³/mol. The molecule has 0 saturated carbocycles. The van der Waals surface area contributed by atoms with Gasteiger partial charge in [-0.15, -0.1) is 0 Å². The highest BCUT2D eigenvalue weighted by atomic mass is 16.4. The largest absolute Gasteiger partial charge is 0.479 e. The Kier molecular flexibility index (Phi) is 13.3. The van der Waals surface area contributed by atoms with E-state index in [4.69, 9.17) is 10.8 Å². The Morgan fingerprint density at radius 3 is 1.93 bits per heavy atom. The molecule has 0 fully saturated rings. The Balaban J connectivity index is 3.71. The minimum atomic E-state index is -1.88. The molecular formula is C19H38N4O4. The van der Waals surface area contributed by atoms with Crippen molar-refractivity contribution in [1.82, 2.24) is 16.0 Å². The van der Waals surface area contributed by atoms with Gasteiger partial charge in [0.1, 0.15) is 6.04 Å². The van der Waals surface area contributed by atoms with Gasteiger partial charge in [-0.25, -0.2) is 9.59 Å². The zero-order valence-corrected chi connectivity index (χ0v) is 17.1. The Morgan fingerprint density at radius 2 is 1.44 bits per heavy atom. The van der Waals surface area contributed by atoms with E-state index in [2.05, 4.69) is 22.9 Å². The number of nitrogens with two attached hydrogens (primary N) is 1. The number of carboxylic acids is 1. The van der Waals surface area contributed by atoms with E-state index in [0.29, 0.717) is 6.54 Å². The van der Waals surface area contributed by atoms with Crippen molar-refractivity contribution in [1.29, 1.82) is 0 Å². The number of hydrogen-bond acceptors (Lipinski definition) is 4. The van der Waals surface area contributed by atoms with Crippen molar-refractivity contribution in [3.8, 4) is 0 Å². The second-order valence-electron chi connectivity index (χ2n) is 7.30. The van der Waals surface area contributed by atoms with Gasteiger partial charge >= 0.3 is 12.0 Å². The van der Waals surface area contributed by atoms with Crippen LogP contribution in [0, 0.1) is 0 Å². The molecule has 27 heavy (non-hydrogen) atoms. The Morgan fingerprint density at radius 1 is 0.963 bits per heavy atom. The molecule has 3 amide bonds. The summed E-state index contributed by atoms with van der Waals surface area (Å²) in [7, 11) is 0. The van der Waals surface area contributed by atoms with Gasteiger partial charge in [0.2, 0.25) is 5.91 Å². The van der Waals surface area contributed by atoms with Gasteiger partial charge in [-0.1, -0.05) is 64.7 Å². The maximum Gasteiger partial charge on any atom is 0.344 e. The molecule has 1 unspecified atom stereocenters. The lowest BCUT2D eigenvalue weighted by Gasteiger charge is -2.23. The summed E-state index contributed by atoms with van der Waals surface area (Å²) in [5.41, 5.74) is 3.57. The molecule has 2 atom stereocenters. The molecule has 0 aromatic rings.